The van der Waals surface area contributed by atoms with Crippen LogP contribution in [0.4, 0.5) is 13.2 Å². The van der Waals surface area contributed by atoms with Crippen LogP contribution in [0.5, 0.6) is 0 Å². The van der Waals surface area contributed by atoms with Crippen LogP contribution in [0.25, 0.3) is 5.82 Å². The number of hydrogen-bond donors (Lipinski definition) is 0. The van der Waals surface area contributed by atoms with Gasteiger partial charge in [0, 0.05) is 40.8 Å². The van der Waals surface area contributed by atoms with E-state index in [0.29, 0.717) is 28.7 Å². The number of amides is 1. The van der Waals surface area contributed by atoms with Gasteiger partial charge in [-0.2, -0.15) is 22.6 Å². The lowest BCUT2D eigenvalue weighted by Crippen LogP contribution is -2.15. The van der Waals surface area contributed by atoms with E-state index in [1.54, 1.807) is 13.0 Å². The number of aromatic nitrogens is 3. The fourth-order valence-corrected chi connectivity index (χ4v) is 5.12. The molecular weight excluding hydrogens is 560 g/mol. The summed E-state index contributed by atoms with van der Waals surface area (Å²) in [5, 5.41) is 3.86. The average Bonchev–Trinajstić information content (AvgIpc) is 3.24. The number of rotatable bonds is 7. The number of benzene rings is 1. The molecule has 0 aliphatic rings. The second-order valence-electron chi connectivity index (χ2n) is 7.57. The van der Waals surface area contributed by atoms with Gasteiger partial charge in [-0.05, 0) is 36.2 Å². The van der Waals surface area contributed by atoms with E-state index < -0.39 is 46.4 Å². The molecule has 2 heterocycles. The maximum absolute atomic E-state index is 13.5. The molecule has 0 spiro atoms. The van der Waals surface area contributed by atoms with Crippen LogP contribution < -0.4 is 0 Å². The zero-order valence-electron chi connectivity index (χ0n) is 19.3. The van der Waals surface area contributed by atoms with E-state index in [0.717, 1.165) is 4.68 Å². The van der Waals surface area contributed by atoms with E-state index >= 15 is 0 Å². The van der Waals surface area contributed by atoms with Crippen molar-refractivity contribution in [3.8, 4) is 5.82 Å². The van der Waals surface area contributed by atoms with E-state index in [1.807, 2.05) is 13.8 Å². The highest BCUT2D eigenvalue weighted by molar-refractivity contribution is 7.87. The van der Waals surface area contributed by atoms with Crippen LogP contribution in [0.2, 0.25) is 15.1 Å². The number of aryl methyl sites for hydroxylation is 1. The van der Waals surface area contributed by atoms with Crippen LogP contribution >= 0.6 is 34.8 Å². The normalized spacial score (nSPS) is 11.7. The molecule has 0 unspecified atom stereocenters. The minimum Gasteiger partial charge on any atom is -0.292 e. The maximum atomic E-state index is 13.5. The fraction of sp³-hybridized carbons (Fsp3) is 0.304. The number of hydrogen-bond acceptors (Lipinski definition) is 4. The SMILES string of the molecule is CCS(CC)=NC(=O)c1cc(Cl)cc(C)c1CC(=O)c1cc(C(F)(F)F)nn1-c1ncc(Cl)cc1Cl. The van der Waals surface area contributed by atoms with Crippen molar-refractivity contribution in [1.82, 2.24) is 14.8 Å². The summed E-state index contributed by atoms with van der Waals surface area (Å²) in [5.74, 6) is -0.138. The first-order valence-electron chi connectivity index (χ1n) is 10.6. The van der Waals surface area contributed by atoms with Crippen LogP contribution in [0.15, 0.2) is 34.8 Å². The summed E-state index contributed by atoms with van der Waals surface area (Å²) in [6, 6.07) is 4.87. The molecule has 0 saturated heterocycles. The van der Waals surface area contributed by atoms with Crippen molar-refractivity contribution >= 4 is 57.2 Å². The Balaban J connectivity index is 2.12. The van der Waals surface area contributed by atoms with Crippen molar-refractivity contribution in [1.29, 1.82) is 0 Å². The summed E-state index contributed by atoms with van der Waals surface area (Å²) >= 11 is 18.2. The van der Waals surface area contributed by atoms with Gasteiger partial charge in [0.25, 0.3) is 5.91 Å². The smallest absolute Gasteiger partial charge is 0.292 e. The Morgan fingerprint density at radius 2 is 1.72 bits per heavy atom. The Labute approximate surface area is 222 Å². The van der Waals surface area contributed by atoms with Crippen molar-refractivity contribution in [2.75, 3.05) is 11.5 Å². The van der Waals surface area contributed by atoms with E-state index in [4.69, 9.17) is 34.8 Å². The molecule has 13 heteroatoms. The summed E-state index contributed by atoms with van der Waals surface area (Å²) in [6.07, 6.45) is -4.06. The lowest BCUT2D eigenvalue weighted by atomic mass is 9.95. The molecule has 3 rings (SSSR count). The van der Waals surface area contributed by atoms with Gasteiger partial charge in [-0.3, -0.25) is 9.59 Å². The molecular formula is C23H20Cl3F3N4O2S. The van der Waals surface area contributed by atoms with Crippen LogP contribution in [-0.4, -0.2) is 38.0 Å². The zero-order chi connectivity index (χ0) is 26.8. The highest BCUT2D eigenvalue weighted by atomic mass is 35.5. The number of carbonyl (C=O) groups excluding carboxylic acids is 2. The summed E-state index contributed by atoms with van der Waals surface area (Å²) in [4.78, 5) is 30.3. The molecule has 0 radical (unpaired) electrons. The second-order valence-corrected chi connectivity index (χ2v) is 11.1. The van der Waals surface area contributed by atoms with Crippen LogP contribution in [0.1, 0.15) is 51.5 Å². The standard InChI is InChI=1S/C23H20Cl3F3N4O2S/c1-4-36(5-2)32-22(35)16-7-13(24)6-12(3)15(16)9-19(34)18-10-20(23(27,28)29)31-33(18)21-17(26)8-14(25)11-30-21/h6-8,10-11H,4-5,9H2,1-3H3. The molecule has 192 valence electrons. The Kier molecular flexibility index (Phi) is 8.97. The molecule has 2 aromatic heterocycles. The van der Waals surface area contributed by atoms with Gasteiger partial charge >= 0.3 is 6.18 Å². The summed E-state index contributed by atoms with van der Waals surface area (Å²) in [5.41, 5.74) is -0.756. The van der Waals surface area contributed by atoms with E-state index in [1.165, 1.54) is 18.3 Å². The van der Waals surface area contributed by atoms with Gasteiger partial charge in [0.05, 0.1) is 10.0 Å². The molecule has 0 fully saturated rings. The van der Waals surface area contributed by atoms with Crippen LogP contribution in [0, 0.1) is 6.92 Å². The van der Waals surface area contributed by atoms with Crippen LogP contribution in [0.3, 0.4) is 0 Å². The molecule has 0 N–H and O–H groups in total. The molecule has 0 aliphatic heterocycles. The summed E-state index contributed by atoms with van der Waals surface area (Å²) in [7, 11) is -0.504. The van der Waals surface area contributed by atoms with Gasteiger partial charge < -0.3 is 0 Å². The van der Waals surface area contributed by atoms with Crippen molar-refractivity contribution in [2.24, 2.45) is 4.36 Å². The van der Waals surface area contributed by atoms with E-state index in [9.17, 15) is 22.8 Å². The number of nitrogens with zero attached hydrogens (tertiary/aromatic N) is 4. The molecule has 1 amide bonds. The predicted molar refractivity (Wildman–Crippen MR) is 136 cm³/mol. The third-order valence-corrected chi connectivity index (χ3v) is 7.62. The van der Waals surface area contributed by atoms with E-state index in [-0.39, 0.29) is 26.4 Å². The molecule has 1 aromatic carbocycles. The second kappa shape index (κ2) is 11.4. The molecule has 3 aromatic rings. The third kappa shape index (κ3) is 6.34. The van der Waals surface area contributed by atoms with Crippen LogP contribution in [-0.2, 0) is 23.3 Å². The van der Waals surface area contributed by atoms with E-state index in [2.05, 4.69) is 14.4 Å². The van der Waals surface area contributed by atoms with Gasteiger partial charge in [0.2, 0.25) is 0 Å². The first-order chi connectivity index (χ1) is 16.8. The molecule has 0 atom stereocenters. The quantitative estimate of drug-likeness (QED) is 0.284. The monoisotopic (exact) mass is 578 g/mol. The number of alkyl halides is 3. The Morgan fingerprint density at radius 1 is 1.06 bits per heavy atom. The van der Waals surface area contributed by atoms with Gasteiger partial charge in [0.15, 0.2) is 17.3 Å². The Hall–Kier alpha value is -2.27. The Bertz CT molecular complexity index is 1370. The molecule has 36 heavy (non-hydrogen) atoms. The average molecular weight is 580 g/mol. The lowest BCUT2D eigenvalue weighted by Gasteiger charge is -2.13. The largest absolute Gasteiger partial charge is 0.435 e. The van der Waals surface area contributed by atoms with Gasteiger partial charge in [0.1, 0.15) is 5.69 Å². The molecule has 0 aliphatic carbocycles. The zero-order valence-corrected chi connectivity index (χ0v) is 22.4. The molecule has 0 saturated carbocycles. The van der Waals surface area contributed by atoms with Crippen molar-refractivity contribution in [3.63, 3.8) is 0 Å². The van der Waals surface area contributed by atoms with Gasteiger partial charge in [-0.25, -0.2) is 9.67 Å². The first-order valence-corrected chi connectivity index (χ1v) is 13.3. The highest BCUT2D eigenvalue weighted by Gasteiger charge is 2.36. The first kappa shape index (κ1) is 28.3. The van der Waals surface area contributed by atoms with Gasteiger partial charge in [-0.1, -0.05) is 59.3 Å². The predicted octanol–water partition coefficient (Wildman–Crippen LogP) is 6.96. The Morgan fingerprint density at radius 3 is 2.31 bits per heavy atom. The highest BCUT2D eigenvalue weighted by Crippen LogP contribution is 2.32. The third-order valence-electron chi connectivity index (χ3n) is 5.16. The van der Waals surface area contributed by atoms with Crippen molar-refractivity contribution in [2.45, 2.75) is 33.4 Å². The maximum Gasteiger partial charge on any atom is 0.435 e. The fourth-order valence-electron chi connectivity index (χ4n) is 3.39. The lowest BCUT2D eigenvalue weighted by molar-refractivity contribution is -0.141. The number of carbonyl (C=O) groups is 2. The van der Waals surface area contributed by atoms with Gasteiger partial charge in [-0.15, -0.1) is 0 Å². The van der Waals surface area contributed by atoms with Crippen molar-refractivity contribution < 1.29 is 22.8 Å². The van der Waals surface area contributed by atoms with Crippen molar-refractivity contribution in [3.05, 3.63) is 73.6 Å². The summed E-state index contributed by atoms with van der Waals surface area (Å²) < 4.78 is 45.4. The minimum absolute atomic E-state index is 0.100. The number of pyridine rings is 1. The number of Topliss-reactive ketones (excluding diaryl/α,β-unsaturated/α-hetero) is 1. The number of halogens is 6. The molecule has 6 nitrogen and oxygen atoms in total. The minimum atomic E-state index is -4.83. The molecule has 0 bridgehead atoms. The summed E-state index contributed by atoms with van der Waals surface area (Å²) in [6.45, 7) is 5.47. The topological polar surface area (TPSA) is 77.2 Å². The number of ketones is 1.